The van der Waals surface area contributed by atoms with Gasteiger partial charge in [0.2, 0.25) is 0 Å². The minimum atomic E-state index is -0.950. The van der Waals surface area contributed by atoms with Crippen LogP contribution in [-0.2, 0) is 16.0 Å². The first kappa shape index (κ1) is 28.5. The summed E-state index contributed by atoms with van der Waals surface area (Å²) in [5, 5.41) is 16.1. The van der Waals surface area contributed by atoms with Gasteiger partial charge in [0, 0.05) is 40.0 Å². The van der Waals surface area contributed by atoms with Crippen LogP contribution in [0.3, 0.4) is 0 Å². The minimum absolute atomic E-state index is 0.0129. The number of hydrogen-bond acceptors (Lipinski definition) is 4. The molecule has 0 fully saturated rings. The Bertz CT molecular complexity index is 1180. The van der Waals surface area contributed by atoms with E-state index in [-0.39, 0.29) is 24.9 Å². The number of hydrogen-bond donors (Lipinski definition) is 3. The van der Waals surface area contributed by atoms with Crippen molar-refractivity contribution in [2.45, 2.75) is 32.7 Å². The number of carboxylic acids is 1. The van der Waals surface area contributed by atoms with E-state index in [0.29, 0.717) is 34.7 Å². The highest BCUT2D eigenvalue weighted by Gasteiger charge is 2.13. The average molecular weight is 543 g/mol. The van der Waals surface area contributed by atoms with E-state index in [0.717, 1.165) is 28.8 Å². The molecule has 8 heteroatoms. The molecule has 3 aromatic rings. The van der Waals surface area contributed by atoms with Crippen LogP contribution in [0.1, 0.15) is 36.2 Å². The first-order valence-electron chi connectivity index (χ1n) is 12.2. The summed E-state index contributed by atoms with van der Waals surface area (Å²) in [7, 11) is 0. The summed E-state index contributed by atoms with van der Waals surface area (Å²) in [6.45, 7) is 5.51. The standard InChI is InChI=1S/C29H32Cl2N2O4/c1-19(2)17-37-18-25(33-24-10-7-22(8-11-24)29(36)32-14-13-28(34)35)15-20-3-5-21(6-4-20)26-12-9-23(30)16-27(26)31/h3-12,16,19,25,33H,13-15,17-18H2,1-2H3,(H,32,36)(H,34,35)/t25-/m1/s1. The van der Waals surface area contributed by atoms with E-state index >= 15 is 0 Å². The summed E-state index contributed by atoms with van der Waals surface area (Å²) in [5.41, 5.74) is 4.43. The van der Waals surface area contributed by atoms with Gasteiger partial charge in [-0.2, -0.15) is 0 Å². The monoisotopic (exact) mass is 542 g/mol. The minimum Gasteiger partial charge on any atom is -0.481 e. The van der Waals surface area contributed by atoms with Gasteiger partial charge in [-0.05, 0) is 59.9 Å². The second-order valence-electron chi connectivity index (χ2n) is 9.27. The van der Waals surface area contributed by atoms with E-state index < -0.39 is 5.97 Å². The molecule has 37 heavy (non-hydrogen) atoms. The molecule has 6 nitrogen and oxygen atoms in total. The fourth-order valence-corrected chi connectivity index (χ4v) is 4.28. The van der Waals surface area contributed by atoms with Gasteiger partial charge in [0.05, 0.1) is 19.1 Å². The first-order chi connectivity index (χ1) is 17.7. The van der Waals surface area contributed by atoms with E-state index in [2.05, 4.69) is 36.6 Å². The van der Waals surface area contributed by atoms with Crippen molar-refractivity contribution in [2.75, 3.05) is 25.1 Å². The molecule has 0 radical (unpaired) electrons. The third kappa shape index (κ3) is 9.39. The molecule has 0 saturated heterocycles. The molecule has 0 aliphatic rings. The highest BCUT2D eigenvalue weighted by atomic mass is 35.5. The number of anilines is 1. The SMILES string of the molecule is CC(C)COC[C@@H](Cc1ccc(-c2ccc(Cl)cc2Cl)cc1)Nc1ccc(C(=O)NCCC(=O)O)cc1. The fourth-order valence-electron chi connectivity index (χ4n) is 3.76. The molecular weight excluding hydrogens is 511 g/mol. The molecule has 196 valence electrons. The summed E-state index contributed by atoms with van der Waals surface area (Å²) in [4.78, 5) is 22.8. The van der Waals surface area contributed by atoms with Crippen LogP contribution in [0.2, 0.25) is 10.0 Å². The Morgan fingerprint density at radius 1 is 0.946 bits per heavy atom. The molecule has 3 rings (SSSR count). The number of halogens is 2. The Hall–Kier alpha value is -3.06. The van der Waals surface area contributed by atoms with Crippen molar-refractivity contribution in [3.63, 3.8) is 0 Å². The summed E-state index contributed by atoms with van der Waals surface area (Å²) in [6.07, 6.45) is 0.626. The number of benzene rings is 3. The van der Waals surface area contributed by atoms with Gasteiger partial charge in [-0.1, -0.05) is 67.4 Å². The van der Waals surface area contributed by atoms with Crippen molar-refractivity contribution in [3.05, 3.63) is 87.9 Å². The van der Waals surface area contributed by atoms with Crippen molar-refractivity contribution >= 4 is 40.8 Å². The first-order valence-corrected chi connectivity index (χ1v) is 13.0. The molecule has 0 heterocycles. The Kier molecular flexibility index (Phi) is 10.8. The summed E-state index contributed by atoms with van der Waals surface area (Å²) in [6, 6.07) is 20.9. The zero-order chi connectivity index (χ0) is 26.8. The summed E-state index contributed by atoms with van der Waals surface area (Å²) < 4.78 is 5.94. The largest absolute Gasteiger partial charge is 0.481 e. The number of aliphatic carboxylic acids is 1. The Morgan fingerprint density at radius 3 is 2.27 bits per heavy atom. The summed E-state index contributed by atoms with van der Waals surface area (Å²) >= 11 is 12.4. The van der Waals surface area contributed by atoms with Crippen molar-refractivity contribution in [3.8, 4) is 11.1 Å². The average Bonchev–Trinajstić information content (AvgIpc) is 2.84. The van der Waals surface area contributed by atoms with Crippen LogP contribution in [0.5, 0.6) is 0 Å². The molecular formula is C29H32Cl2N2O4. The second kappa shape index (κ2) is 14.0. The van der Waals surface area contributed by atoms with E-state index in [1.807, 2.05) is 36.4 Å². The molecule has 0 spiro atoms. The van der Waals surface area contributed by atoms with Crippen LogP contribution < -0.4 is 10.6 Å². The van der Waals surface area contributed by atoms with Gasteiger partial charge in [-0.15, -0.1) is 0 Å². The molecule has 1 atom stereocenters. The molecule has 0 aliphatic heterocycles. The molecule has 3 aromatic carbocycles. The normalized spacial score (nSPS) is 11.8. The van der Waals surface area contributed by atoms with Gasteiger partial charge in [-0.3, -0.25) is 9.59 Å². The zero-order valence-electron chi connectivity index (χ0n) is 21.0. The predicted octanol–water partition coefficient (Wildman–Crippen LogP) is 6.56. The summed E-state index contributed by atoms with van der Waals surface area (Å²) in [5.74, 6) is -0.817. The molecule has 0 bridgehead atoms. The molecule has 0 saturated carbocycles. The molecule has 0 aliphatic carbocycles. The highest BCUT2D eigenvalue weighted by molar-refractivity contribution is 6.36. The predicted molar refractivity (Wildman–Crippen MR) is 150 cm³/mol. The number of rotatable bonds is 13. The van der Waals surface area contributed by atoms with Gasteiger partial charge in [-0.25, -0.2) is 0 Å². The highest BCUT2D eigenvalue weighted by Crippen LogP contribution is 2.30. The fraction of sp³-hybridized carbons (Fsp3) is 0.310. The van der Waals surface area contributed by atoms with E-state index in [1.54, 1.807) is 18.2 Å². The van der Waals surface area contributed by atoms with Gasteiger partial charge >= 0.3 is 5.97 Å². The lowest BCUT2D eigenvalue weighted by atomic mass is 10.0. The lowest BCUT2D eigenvalue weighted by Gasteiger charge is -2.21. The van der Waals surface area contributed by atoms with Crippen molar-refractivity contribution < 1.29 is 19.4 Å². The Labute approximate surface area is 227 Å². The third-order valence-electron chi connectivity index (χ3n) is 5.59. The van der Waals surface area contributed by atoms with E-state index in [4.69, 9.17) is 33.0 Å². The van der Waals surface area contributed by atoms with Crippen LogP contribution in [-0.4, -0.2) is 42.8 Å². The Balaban J connectivity index is 1.66. The number of amides is 1. The maximum Gasteiger partial charge on any atom is 0.305 e. The van der Waals surface area contributed by atoms with Crippen molar-refractivity contribution in [2.24, 2.45) is 5.92 Å². The number of carbonyl (C=O) groups is 2. The van der Waals surface area contributed by atoms with Crippen molar-refractivity contribution in [1.82, 2.24) is 5.32 Å². The zero-order valence-corrected chi connectivity index (χ0v) is 22.5. The Morgan fingerprint density at radius 2 is 1.65 bits per heavy atom. The topological polar surface area (TPSA) is 87.7 Å². The van der Waals surface area contributed by atoms with E-state index in [1.165, 1.54) is 0 Å². The quantitative estimate of drug-likeness (QED) is 0.227. The molecule has 0 aromatic heterocycles. The lowest BCUT2D eigenvalue weighted by Crippen LogP contribution is -2.29. The lowest BCUT2D eigenvalue weighted by molar-refractivity contribution is -0.136. The van der Waals surface area contributed by atoms with Gasteiger partial charge < -0.3 is 20.5 Å². The van der Waals surface area contributed by atoms with Crippen molar-refractivity contribution in [1.29, 1.82) is 0 Å². The second-order valence-corrected chi connectivity index (χ2v) is 10.1. The van der Waals surface area contributed by atoms with Crippen LogP contribution >= 0.6 is 23.2 Å². The molecule has 3 N–H and O–H groups in total. The number of ether oxygens (including phenoxy) is 1. The van der Waals surface area contributed by atoms with E-state index in [9.17, 15) is 9.59 Å². The number of nitrogens with one attached hydrogen (secondary N) is 2. The van der Waals surface area contributed by atoms with Gasteiger partial charge in [0.1, 0.15) is 0 Å². The molecule has 1 amide bonds. The number of carboxylic acid groups (broad SMARTS) is 1. The van der Waals surface area contributed by atoms with Crippen LogP contribution in [0.4, 0.5) is 5.69 Å². The third-order valence-corrected chi connectivity index (χ3v) is 6.14. The number of carbonyl (C=O) groups excluding carboxylic acids is 1. The van der Waals surface area contributed by atoms with Crippen LogP contribution in [0.15, 0.2) is 66.7 Å². The maximum absolute atomic E-state index is 12.2. The smallest absolute Gasteiger partial charge is 0.305 e. The van der Waals surface area contributed by atoms with Gasteiger partial charge in [0.15, 0.2) is 0 Å². The maximum atomic E-state index is 12.2. The van der Waals surface area contributed by atoms with Gasteiger partial charge in [0.25, 0.3) is 5.91 Å². The van der Waals surface area contributed by atoms with Crippen LogP contribution in [0, 0.1) is 5.92 Å². The van der Waals surface area contributed by atoms with Crippen LogP contribution in [0.25, 0.3) is 11.1 Å². The molecule has 0 unspecified atom stereocenters.